The number of para-hydroxylation sites is 1. The van der Waals surface area contributed by atoms with Crippen LogP contribution in [0.2, 0.25) is 0 Å². The van der Waals surface area contributed by atoms with Crippen LogP contribution in [0.3, 0.4) is 0 Å². The summed E-state index contributed by atoms with van der Waals surface area (Å²) in [4.78, 5) is 4.38. The first-order chi connectivity index (χ1) is 11.6. The van der Waals surface area contributed by atoms with Crippen LogP contribution in [0.5, 0.6) is 5.75 Å². The minimum absolute atomic E-state index is 0.236. The first-order valence-corrected chi connectivity index (χ1v) is 9.34. The number of nitrogens with zero attached hydrogens (tertiary/aromatic N) is 1. The lowest BCUT2D eigenvalue weighted by atomic mass is 10.2. The Hall–Kier alpha value is -1.38. The molecule has 1 heterocycles. The van der Waals surface area contributed by atoms with Crippen LogP contribution in [0, 0.1) is 3.57 Å². The lowest BCUT2D eigenvalue weighted by molar-refractivity contribution is 0.117. The lowest BCUT2D eigenvalue weighted by Gasteiger charge is -2.15. The second-order valence-electron chi connectivity index (χ2n) is 5.29. The Labute approximate surface area is 162 Å². The van der Waals surface area contributed by atoms with Crippen LogP contribution in [-0.4, -0.2) is 29.3 Å². The van der Waals surface area contributed by atoms with E-state index in [2.05, 4.69) is 48.8 Å². The zero-order valence-electron chi connectivity index (χ0n) is 12.7. The highest BCUT2D eigenvalue weighted by Crippen LogP contribution is 2.27. The van der Waals surface area contributed by atoms with E-state index >= 15 is 0 Å². The highest BCUT2D eigenvalue weighted by molar-refractivity contribution is 14.1. The Balaban J connectivity index is 1.59. The van der Waals surface area contributed by atoms with Crippen molar-refractivity contribution in [3.63, 3.8) is 0 Å². The molecule has 1 unspecified atom stereocenters. The van der Waals surface area contributed by atoms with Crippen molar-refractivity contribution < 1.29 is 9.84 Å². The van der Waals surface area contributed by atoms with Gasteiger partial charge in [-0.05, 0) is 74.9 Å². The summed E-state index contributed by atoms with van der Waals surface area (Å²) in [6, 6.07) is 15.6. The molecule has 0 bridgehead atoms. The number of rotatable bonds is 6. The molecule has 0 aliphatic heterocycles. The molecule has 6 heteroatoms. The zero-order valence-corrected chi connectivity index (χ0v) is 16.5. The van der Waals surface area contributed by atoms with Gasteiger partial charge in [-0.1, -0.05) is 12.1 Å². The molecule has 1 aromatic heterocycles. The molecule has 0 spiro atoms. The van der Waals surface area contributed by atoms with Crippen molar-refractivity contribution in [3.05, 3.63) is 62.8 Å². The van der Waals surface area contributed by atoms with Gasteiger partial charge in [0.2, 0.25) is 0 Å². The molecular formula is C18H16BrIN2O2. The van der Waals surface area contributed by atoms with Crippen molar-refractivity contribution in [2.24, 2.45) is 0 Å². The third-order valence-electron chi connectivity index (χ3n) is 3.51. The summed E-state index contributed by atoms with van der Waals surface area (Å²) in [5, 5.41) is 14.4. The maximum Gasteiger partial charge on any atom is 0.119 e. The molecule has 24 heavy (non-hydrogen) atoms. The molecule has 1 atom stereocenters. The van der Waals surface area contributed by atoms with E-state index in [9.17, 15) is 5.11 Å². The fourth-order valence-corrected chi connectivity index (χ4v) is 3.13. The molecule has 0 aliphatic carbocycles. The van der Waals surface area contributed by atoms with Gasteiger partial charge in [-0.2, -0.15) is 0 Å². The number of aliphatic hydroxyl groups is 1. The summed E-state index contributed by atoms with van der Waals surface area (Å²) in [5.74, 6) is 0.757. The zero-order chi connectivity index (χ0) is 16.9. The number of benzene rings is 2. The van der Waals surface area contributed by atoms with Gasteiger partial charge in [0.05, 0.1) is 5.52 Å². The number of aromatic nitrogens is 1. The second kappa shape index (κ2) is 8.13. The first-order valence-electron chi connectivity index (χ1n) is 7.47. The Bertz CT molecular complexity index is 827. The molecule has 124 valence electrons. The van der Waals surface area contributed by atoms with Gasteiger partial charge in [-0.25, -0.2) is 0 Å². The second-order valence-corrected chi connectivity index (χ2v) is 7.39. The number of aliphatic hydroxyl groups excluding tert-OH is 1. The molecule has 0 saturated heterocycles. The van der Waals surface area contributed by atoms with Gasteiger partial charge in [-0.3, -0.25) is 4.98 Å². The van der Waals surface area contributed by atoms with Crippen molar-refractivity contribution in [1.82, 2.24) is 4.98 Å². The number of pyridine rings is 1. The van der Waals surface area contributed by atoms with Crippen molar-refractivity contribution in [1.29, 1.82) is 0 Å². The van der Waals surface area contributed by atoms with Crippen LogP contribution < -0.4 is 10.1 Å². The normalized spacial score (nSPS) is 12.1. The van der Waals surface area contributed by atoms with E-state index in [1.807, 2.05) is 48.5 Å². The standard InChI is InChI=1S/C18H16BrIN2O2/c19-16-3-1-2-15-17(8-9-21-18(15)16)22-10-13(23)11-24-14-6-4-12(20)5-7-14/h1-9,13,23H,10-11H2,(H,21,22). The van der Waals surface area contributed by atoms with Gasteiger partial charge in [0.1, 0.15) is 18.5 Å². The molecule has 3 rings (SSSR count). The Morgan fingerprint density at radius 1 is 1.17 bits per heavy atom. The molecule has 3 aromatic rings. The number of hydrogen-bond donors (Lipinski definition) is 2. The van der Waals surface area contributed by atoms with Gasteiger partial charge >= 0.3 is 0 Å². The Kier molecular flexibility index (Phi) is 5.91. The largest absolute Gasteiger partial charge is 0.491 e. The van der Waals surface area contributed by atoms with Crippen LogP contribution >= 0.6 is 38.5 Å². The maximum atomic E-state index is 10.1. The van der Waals surface area contributed by atoms with Crippen molar-refractivity contribution >= 4 is 55.1 Å². The molecule has 0 aliphatic rings. The third-order valence-corrected chi connectivity index (χ3v) is 4.87. The van der Waals surface area contributed by atoms with Gasteiger partial charge in [-0.15, -0.1) is 0 Å². The number of ether oxygens (including phenoxy) is 1. The minimum Gasteiger partial charge on any atom is -0.491 e. The summed E-state index contributed by atoms with van der Waals surface area (Å²) >= 11 is 5.75. The van der Waals surface area contributed by atoms with Crippen LogP contribution in [0.4, 0.5) is 5.69 Å². The van der Waals surface area contributed by atoms with Crippen molar-refractivity contribution in [2.45, 2.75) is 6.10 Å². The molecule has 0 fully saturated rings. The summed E-state index contributed by atoms with van der Waals surface area (Å²) in [6.45, 7) is 0.635. The van der Waals surface area contributed by atoms with Crippen LogP contribution in [0.15, 0.2) is 59.2 Å². The predicted molar refractivity (Wildman–Crippen MR) is 109 cm³/mol. The van der Waals surface area contributed by atoms with E-state index in [0.717, 1.165) is 30.4 Å². The molecular weight excluding hydrogens is 483 g/mol. The third kappa shape index (κ3) is 4.37. The number of fused-ring (bicyclic) bond motifs is 1. The topological polar surface area (TPSA) is 54.4 Å². The molecule has 0 radical (unpaired) electrons. The Morgan fingerprint density at radius 2 is 1.96 bits per heavy atom. The minimum atomic E-state index is -0.611. The highest BCUT2D eigenvalue weighted by atomic mass is 127. The summed E-state index contributed by atoms with van der Waals surface area (Å²) in [7, 11) is 0. The summed E-state index contributed by atoms with van der Waals surface area (Å²) in [6.07, 6.45) is 1.14. The van der Waals surface area contributed by atoms with Crippen LogP contribution in [-0.2, 0) is 0 Å². The van der Waals surface area contributed by atoms with Gasteiger partial charge in [0.25, 0.3) is 0 Å². The maximum absolute atomic E-state index is 10.1. The van der Waals surface area contributed by atoms with E-state index in [0.29, 0.717) is 6.54 Å². The predicted octanol–water partition coefficient (Wildman–Crippen LogP) is 4.45. The fourth-order valence-electron chi connectivity index (χ4n) is 2.30. The van der Waals surface area contributed by atoms with Crippen molar-refractivity contribution in [2.75, 3.05) is 18.5 Å². The van der Waals surface area contributed by atoms with E-state index in [-0.39, 0.29) is 6.61 Å². The van der Waals surface area contributed by atoms with Gasteiger partial charge < -0.3 is 15.2 Å². The van der Waals surface area contributed by atoms with Gasteiger partial charge in [0.15, 0.2) is 0 Å². The van der Waals surface area contributed by atoms with Gasteiger partial charge in [0, 0.05) is 31.9 Å². The summed E-state index contributed by atoms with van der Waals surface area (Å²) in [5.41, 5.74) is 1.83. The smallest absolute Gasteiger partial charge is 0.119 e. The monoisotopic (exact) mass is 498 g/mol. The number of halogens is 2. The average Bonchev–Trinajstić information content (AvgIpc) is 2.60. The lowest BCUT2D eigenvalue weighted by Crippen LogP contribution is -2.26. The van der Waals surface area contributed by atoms with E-state index in [1.54, 1.807) is 6.20 Å². The van der Waals surface area contributed by atoms with E-state index in [4.69, 9.17) is 4.74 Å². The number of hydrogen-bond acceptors (Lipinski definition) is 4. The van der Waals surface area contributed by atoms with E-state index in [1.165, 1.54) is 0 Å². The van der Waals surface area contributed by atoms with Crippen LogP contribution in [0.1, 0.15) is 0 Å². The number of nitrogens with one attached hydrogen (secondary N) is 1. The van der Waals surface area contributed by atoms with Crippen LogP contribution in [0.25, 0.3) is 10.9 Å². The molecule has 4 nitrogen and oxygen atoms in total. The number of anilines is 1. The fraction of sp³-hybridized carbons (Fsp3) is 0.167. The molecule has 0 amide bonds. The highest BCUT2D eigenvalue weighted by Gasteiger charge is 2.08. The molecule has 2 N–H and O–H groups in total. The van der Waals surface area contributed by atoms with Crippen molar-refractivity contribution in [3.8, 4) is 5.75 Å². The molecule has 2 aromatic carbocycles. The SMILES string of the molecule is OC(CNc1ccnc2c(Br)cccc12)COc1ccc(I)cc1. The average molecular weight is 499 g/mol. The molecule has 0 saturated carbocycles. The summed E-state index contributed by atoms with van der Waals surface area (Å²) < 4.78 is 7.71. The first kappa shape index (κ1) is 17.4. The quantitative estimate of drug-likeness (QED) is 0.493. The Morgan fingerprint density at radius 3 is 2.75 bits per heavy atom. The van der Waals surface area contributed by atoms with E-state index < -0.39 is 6.10 Å².